The van der Waals surface area contributed by atoms with Crippen molar-refractivity contribution in [1.82, 2.24) is 5.32 Å². The fourth-order valence-electron chi connectivity index (χ4n) is 1.68. The van der Waals surface area contributed by atoms with Gasteiger partial charge in [0.2, 0.25) is 0 Å². The monoisotopic (exact) mass is 279 g/mol. The Morgan fingerprint density at radius 1 is 1.45 bits per heavy atom. The van der Waals surface area contributed by atoms with Crippen LogP contribution in [0.5, 0.6) is 5.75 Å². The highest BCUT2D eigenvalue weighted by molar-refractivity contribution is 5.73. The average molecular weight is 279 g/mol. The SMILES string of the molecule is CCCNC(C)c1cccc(OCC(C)(C)C(=O)O)c1. The van der Waals surface area contributed by atoms with E-state index in [2.05, 4.69) is 19.2 Å². The lowest BCUT2D eigenvalue weighted by Crippen LogP contribution is -2.30. The van der Waals surface area contributed by atoms with Crippen molar-refractivity contribution in [2.75, 3.05) is 13.2 Å². The molecule has 0 heterocycles. The van der Waals surface area contributed by atoms with Gasteiger partial charge in [-0.3, -0.25) is 4.79 Å². The van der Waals surface area contributed by atoms with Crippen LogP contribution in [0.25, 0.3) is 0 Å². The lowest BCUT2D eigenvalue weighted by Gasteiger charge is -2.20. The van der Waals surface area contributed by atoms with Crippen LogP contribution in [-0.2, 0) is 4.79 Å². The molecular formula is C16H25NO3. The second kappa shape index (κ2) is 7.29. The smallest absolute Gasteiger partial charge is 0.312 e. The van der Waals surface area contributed by atoms with Crippen molar-refractivity contribution >= 4 is 5.97 Å². The van der Waals surface area contributed by atoms with Crippen LogP contribution in [0.3, 0.4) is 0 Å². The molecule has 0 amide bonds. The lowest BCUT2D eigenvalue weighted by molar-refractivity contribution is -0.148. The zero-order valence-electron chi connectivity index (χ0n) is 12.8. The minimum absolute atomic E-state index is 0.155. The molecule has 1 atom stereocenters. The average Bonchev–Trinajstić information content (AvgIpc) is 2.42. The molecule has 0 aromatic heterocycles. The Morgan fingerprint density at radius 3 is 2.75 bits per heavy atom. The molecule has 0 spiro atoms. The van der Waals surface area contributed by atoms with E-state index in [9.17, 15) is 4.79 Å². The summed E-state index contributed by atoms with van der Waals surface area (Å²) < 4.78 is 5.62. The van der Waals surface area contributed by atoms with Gasteiger partial charge in [-0.15, -0.1) is 0 Å². The molecule has 112 valence electrons. The molecule has 0 aliphatic heterocycles. The fourth-order valence-corrected chi connectivity index (χ4v) is 1.68. The van der Waals surface area contributed by atoms with Gasteiger partial charge in [-0.2, -0.15) is 0 Å². The summed E-state index contributed by atoms with van der Waals surface area (Å²) >= 11 is 0. The fraction of sp³-hybridized carbons (Fsp3) is 0.562. The van der Waals surface area contributed by atoms with Gasteiger partial charge in [0.15, 0.2) is 0 Å². The first-order valence-electron chi connectivity index (χ1n) is 7.06. The third kappa shape index (κ3) is 4.85. The number of aliphatic carboxylic acids is 1. The van der Waals surface area contributed by atoms with Gasteiger partial charge in [0, 0.05) is 6.04 Å². The van der Waals surface area contributed by atoms with Crippen LogP contribution in [0, 0.1) is 5.41 Å². The van der Waals surface area contributed by atoms with Crippen LogP contribution < -0.4 is 10.1 Å². The Hall–Kier alpha value is -1.55. The van der Waals surface area contributed by atoms with Crippen molar-refractivity contribution in [1.29, 1.82) is 0 Å². The number of nitrogens with one attached hydrogen (secondary N) is 1. The van der Waals surface area contributed by atoms with Gasteiger partial charge in [-0.05, 0) is 51.4 Å². The Bertz CT molecular complexity index is 443. The Labute approximate surface area is 121 Å². The minimum atomic E-state index is -0.887. The summed E-state index contributed by atoms with van der Waals surface area (Å²) in [7, 11) is 0. The molecule has 1 aromatic rings. The number of benzene rings is 1. The van der Waals surface area contributed by atoms with Crippen LogP contribution >= 0.6 is 0 Å². The van der Waals surface area contributed by atoms with Gasteiger partial charge < -0.3 is 15.2 Å². The van der Waals surface area contributed by atoms with Crippen molar-refractivity contribution in [3.63, 3.8) is 0 Å². The summed E-state index contributed by atoms with van der Waals surface area (Å²) in [4.78, 5) is 11.0. The molecular weight excluding hydrogens is 254 g/mol. The maximum absolute atomic E-state index is 11.0. The standard InChI is InChI=1S/C16H25NO3/c1-5-9-17-12(2)13-7-6-8-14(10-13)20-11-16(3,4)15(18)19/h6-8,10,12,17H,5,9,11H2,1-4H3,(H,18,19). The van der Waals surface area contributed by atoms with Crippen LogP contribution in [0.2, 0.25) is 0 Å². The predicted molar refractivity (Wildman–Crippen MR) is 80.1 cm³/mol. The number of hydrogen-bond acceptors (Lipinski definition) is 3. The maximum Gasteiger partial charge on any atom is 0.312 e. The molecule has 1 unspecified atom stereocenters. The van der Waals surface area contributed by atoms with Crippen LogP contribution in [0.4, 0.5) is 0 Å². The van der Waals surface area contributed by atoms with Gasteiger partial charge in [0.05, 0.1) is 5.41 Å². The highest BCUT2D eigenvalue weighted by atomic mass is 16.5. The van der Waals surface area contributed by atoms with Gasteiger partial charge >= 0.3 is 5.97 Å². The first-order valence-corrected chi connectivity index (χ1v) is 7.06. The van der Waals surface area contributed by atoms with Gasteiger partial charge in [-0.25, -0.2) is 0 Å². The number of rotatable bonds is 8. The second-order valence-electron chi connectivity index (χ2n) is 5.73. The number of carboxylic acid groups (broad SMARTS) is 1. The maximum atomic E-state index is 11.0. The van der Waals surface area contributed by atoms with Crippen molar-refractivity contribution in [2.24, 2.45) is 5.41 Å². The van der Waals surface area contributed by atoms with Crippen molar-refractivity contribution in [3.05, 3.63) is 29.8 Å². The Balaban J connectivity index is 2.66. The van der Waals surface area contributed by atoms with E-state index >= 15 is 0 Å². The van der Waals surface area contributed by atoms with E-state index in [0.29, 0.717) is 5.75 Å². The number of carbonyl (C=O) groups is 1. The third-order valence-corrected chi connectivity index (χ3v) is 3.24. The minimum Gasteiger partial charge on any atom is -0.492 e. The summed E-state index contributed by atoms with van der Waals surface area (Å²) in [5.74, 6) is -0.145. The molecule has 4 nitrogen and oxygen atoms in total. The second-order valence-corrected chi connectivity index (χ2v) is 5.73. The van der Waals surface area contributed by atoms with Crippen LogP contribution in [-0.4, -0.2) is 24.2 Å². The van der Waals surface area contributed by atoms with Gasteiger partial charge in [0.1, 0.15) is 12.4 Å². The van der Waals surface area contributed by atoms with E-state index in [1.165, 1.54) is 0 Å². The number of ether oxygens (including phenoxy) is 1. The zero-order valence-corrected chi connectivity index (χ0v) is 12.8. The predicted octanol–water partition coefficient (Wildman–Crippen LogP) is 3.24. The van der Waals surface area contributed by atoms with Gasteiger partial charge in [0.25, 0.3) is 0 Å². The number of hydrogen-bond donors (Lipinski definition) is 2. The molecule has 4 heteroatoms. The van der Waals surface area contributed by atoms with Gasteiger partial charge in [-0.1, -0.05) is 19.1 Å². The molecule has 2 N–H and O–H groups in total. The molecule has 0 fully saturated rings. The summed E-state index contributed by atoms with van der Waals surface area (Å²) in [5, 5.41) is 12.5. The van der Waals surface area contributed by atoms with Crippen molar-refractivity contribution in [2.45, 2.75) is 40.2 Å². The van der Waals surface area contributed by atoms with E-state index in [1.54, 1.807) is 13.8 Å². The largest absolute Gasteiger partial charge is 0.492 e. The molecule has 1 aromatic carbocycles. The topological polar surface area (TPSA) is 58.6 Å². The van der Waals surface area contributed by atoms with Crippen LogP contribution in [0.15, 0.2) is 24.3 Å². The van der Waals surface area contributed by atoms with E-state index in [1.807, 2.05) is 24.3 Å². The molecule has 1 rings (SSSR count). The molecule has 0 aliphatic rings. The zero-order chi connectivity index (χ0) is 15.2. The Morgan fingerprint density at radius 2 is 2.15 bits per heavy atom. The molecule has 0 saturated heterocycles. The third-order valence-electron chi connectivity index (χ3n) is 3.24. The molecule has 0 bridgehead atoms. The first kappa shape index (κ1) is 16.5. The number of carboxylic acids is 1. The van der Waals surface area contributed by atoms with Crippen molar-refractivity contribution < 1.29 is 14.6 Å². The van der Waals surface area contributed by atoms with E-state index in [0.717, 1.165) is 18.5 Å². The Kier molecular flexibility index (Phi) is 6.02. The molecule has 20 heavy (non-hydrogen) atoms. The quantitative estimate of drug-likeness (QED) is 0.767. The van der Waals surface area contributed by atoms with E-state index in [-0.39, 0.29) is 12.6 Å². The molecule has 0 saturated carbocycles. The lowest BCUT2D eigenvalue weighted by atomic mass is 9.95. The summed E-state index contributed by atoms with van der Waals surface area (Å²) in [6.45, 7) is 8.68. The first-order chi connectivity index (χ1) is 9.36. The summed E-state index contributed by atoms with van der Waals surface area (Å²) in [6, 6.07) is 8.05. The molecule has 0 radical (unpaired) electrons. The molecule has 0 aliphatic carbocycles. The highest BCUT2D eigenvalue weighted by Crippen LogP contribution is 2.22. The van der Waals surface area contributed by atoms with E-state index < -0.39 is 11.4 Å². The summed E-state index contributed by atoms with van der Waals surface area (Å²) in [6.07, 6.45) is 1.09. The highest BCUT2D eigenvalue weighted by Gasteiger charge is 2.28. The normalized spacial score (nSPS) is 13.0. The van der Waals surface area contributed by atoms with E-state index in [4.69, 9.17) is 9.84 Å². The van der Waals surface area contributed by atoms with Crippen LogP contribution in [0.1, 0.15) is 45.7 Å². The summed E-state index contributed by atoms with van der Waals surface area (Å²) in [5.41, 5.74) is 0.256. The van der Waals surface area contributed by atoms with Crippen molar-refractivity contribution in [3.8, 4) is 5.75 Å².